The zero-order chi connectivity index (χ0) is 28.7. The summed E-state index contributed by atoms with van der Waals surface area (Å²) in [6.45, 7) is 0. The van der Waals surface area contributed by atoms with Crippen molar-refractivity contribution in [3.63, 3.8) is 0 Å². The molecule has 43 heavy (non-hydrogen) atoms. The van der Waals surface area contributed by atoms with Crippen molar-refractivity contribution in [3.8, 4) is 28.0 Å². The fourth-order valence-electron chi connectivity index (χ4n) is 7.27. The van der Waals surface area contributed by atoms with Crippen LogP contribution in [0.4, 0.5) is 4.39 Å². The van der Waals surface area contributed by atoms with Gasteiger partial charge in [-0.2, -0.15) is 0 Å². The number of hydrogen-bond donors (Lipinski definition) is 0. The summed E-state index contributed by atoms with van der Waals surface area (Å²) in [7, 11) is 1.74. The Morgan fingerprint density at radius 1 is 0.442 bits per heavy atom. The third kappa shape index (κ3) is 3.44. The van der Waals surface area contributed by atoms with Gasteiger partial charge in [-0.25, -0.2) is 4.39 Å². The second-order valence-corrected chi connectivity index (χ2v) is 11.4. The van der Waals surface area contributed by atoms with E-state index in [0.717, 1.165) is 27.5 Å². The predicted octanol–water partition coefficient (Wildman–Crippen LogP) is 11.5. The molecule has 0 bridgehead atoms. The third-order valence-corrected chi connectivity index (χ3v) is 9.14. The molecule has 0 radical (unpaired) electrons. The first kappa shape index (κ1) is 24.2. The lowest BCUT2D eigenvalue weighted by molar-refractivity contribution is 0.420. The molecule has 0 spiro atoms. The Morgan fingerprint density at radius 3 is 1.67 bits per heavy atom. The van der Waals surface area contributed by atoms with Crippen molar-refractivity contribution in [1.29, 1.82) is 0 Å². The zero-order valence-corrected chi connectivity index (χ0v) is 23.5. The van der Waals surface area contributed by atoms with Crippen LogP contribution >= 0.6 is 0 Å². The molecule has 9 aromatic rings. The summed E-state index contributed by atoms with van der Waals surface area (Å²) in [5.41, 5.74) is 4.78. The number of halogens is 1. The monoisotopic (exact) mass is 552 g/mol. The molecule has 0 saturated carbocycles. The summed E-state index contributed by atoms with van der Waals surface area (Å²) in [4.78, 5) is 0. The highest BCUT2D eigenvalue weighted by molar-refractivity contribution is 6.30. The maximum absolute atomic E-state index is 14.0. The fraction of sp³-hybridized carbons (Fsp3) is 0.0244. The molecule has 0 N–H and O–H groups in total. The molecule has 0 aromatic heterocycles. The summed E-state index contributed by atoms with van der Waals surface area (Å²) in [5.74, 6) is 0.679. The molecule has 0 fully saturated rings. The molecule has 0 aliphatic rings. The van der Waals surface area contributed by atoms with Gasteiger partial charge in [-0.05, 0) is 106 Å². The number of ether oxygens (including phenoxy) is 1. The minimum absolute atomic E-state index is 0.216. The maximum Gasteiger partial charge on any atom is 0.126 e. The Labute approximate surface area is 247 Å². The van der Waals surface area contributed by atoms with Crippen LogP contribution < -0.4 is 4.74 Å². The predicted molar refractivity (Wildman–Crippen MR) is 180 cm³/mol. The minimum Gasteiger partial charge on any atom is -0.496 e. The summed E-state index contributed by atoms with van der Waals surface area (Å²) in [6.07, 6.45) is 0. The smallest absolute Gasteiger partial charge is 0.126 e. The quantitative estimate of drug-likeness (QED) is 0.156. The Kier molecular flexibility index (Phi) is 5.06. The molecule has 1 nitrogen and oxygen atoms in total. The van der Waals surface area contributed by atoms with Crippen molar-refractivity contribution in [1.82, 2.24) is 0 Å². The molecular formula is C41H25FO. The Balaban J connectivity index is 1.41. The van der Waals surface area contributed by atoms with Crippen LogP contribution in [0.5, 0.6) is 5.75 Å². The number of fused-ring (bicyclic) bond motifs is 3. The summed E-state index contributed by atoms with van der Waals surface area (Å²) < 4.78 is 19.7. The minimum atomic E-state index is -0.216. The summed E-state index contributed by atoms with van der Waals surface area (Å²) in [5, 5.41) is 14.1. The number of benzene rings is 9. The van der Waals surface area contributed by atoms with Gasteiger partial charge >= 0.3 is 0 Å². The van der Waals surface area contributed by atoms with Gasteiger partial charge in [0.05, 0.1) is 7.11 Å². The third-order valence-electron chi connectivity index (χ3n) is 9.14. The van der Waals surface area contributed by atoms with Gasteiger partial charge in [0.1, 0.15) is 11.6 Å². The highest BCUT2D eigenvalue weighted by atomic mass is 19.1. The van der Waals surface area contributed by atoms with E-state index in [1.165, 1.54) is 71.2 Å². The van der Waals surface area contributed by atoms with Crippen molar-refractivity contribution in [2.75, 3.05) is 7.11 Å². The van der Waals surface area contributed by atoms with Crippen LogP contribution in [0.1, 0.15) is 0 Å². The second kappa shape index (κ2) is 9.01. The van der Waals surface area contributed by atoms with Gasteiger partial charge in [-0.15, -0.1) is 0 Å². The molecule has 0 aliphatic carbocycles. The van der Waals surface area contributed by atoms with Crippen molar-refractivity contribution in [2.24, 2.45) is 0 Å². The Hall–Kier alpha value is -5.47. The average molecular weight is 553 g/mol. The highest BCUT2D eigenvalue weighted by Crippen LogP contribution is 2.48. The fourth-order valence-corrected chi connectivity index (χ4v) is 7.27. The lowest BCUT2D eigenvalue weighted by Crippen LogP contribution is -1.93. The molecule has 0 unspecified atom stereocenters. The first-order valence-corrected chi connectivity index (χ1v) is 14.6. The lowest BCUT2D eigenvalue weighted by Gasteiger charge is -2.20. The Bertz CT molecular complexity index is 2500. The van der Waals surface area contributed by atoms with E-state index < -0.39 is 0 Å². The highest BCUT2D eigenvalue weighted by Gasteiger charge is 2.20. The standard InChI is InChI=1S/C41H25FO/c1-43-37-21-16-25-13-18-34-35(19-14-24-15-20-36(37)40(25)39(24)34)41-32-8-4-2-6-30(32)38(31-7-3-5-9-33(31)41)28-11-10-27-23-29(42)17-12-26(27)22-28/h2-23H,1H3. The van der Waals surface area contributed by atoms with Gasteiger partial charge in [0.2, 0.25) is 0 Å². The summed E-state index contributed by atoms with van der Waals surface area (Å²) in [6, 6.07) is 46.5. The van der Waals surface area contributed by atoms with Crippen molar-refractivity contribution in [2.45, 2.75) is 0 Å². The maximum atomic E-state index is 14.0. The molecule has 2 heteroatoms. The van der Waals surface area contributed by atoms with Gasteiger partial charge < -0.3 is 4.74 Å². The van der Waals surface area contributed by atoms with E-state index in [1.54, 1.807) is 13.2 Å². The molecule has 0 atom stereocenters. The number of methoxy groups -OCH3 is 1. The molecule has 0 heterocycles. The van der Waals surface area contributed by atoms with Crippen LogP contribution in [-0.4, -0.2) is 7.11 Å². The van der Waals surface area contributed by atoms with Crippen molar-refractivity contribution < 1.29 is 9.13 Å². The van der Waals surface area contributed by atoms with Crippen molar-refractivity contribution >= 4 is 64.6 Å². The molecule has 0 aliphatic heterocycles. The molecule has 0 amide bonds. The van der Waals surface area contributed by atoms with Gasteiger partial charge in [-0.3, -0.25) is 0 Å². The molecule has 202 valence electrons. The Morgan fingerprint density at radius 2 is 0.977 bits per heavy atom. The van der Waals surface area contributed by atoms with E-state index in [-0.39, 0.29) is 5.82 Å². The topological polar surface area (TPSA) is 9.23 Å². The van der Waals surface area contributed by atoms with E-state index in [0.29, 0.717) is 0 Å². The normalized spacial score (nSPS) is 12.0. The molecular weight excluding hydrogens is 527 g/mol. The van der Waals surface area contributed by atoms with Crippen LogP contribution in [0.15, 0.2) is 133 Å². The first-order chi connectivity index (χ1) is 21.2. The molecule has 0 saturated heterocycles. The van der Waals surface area contributed by atoms with Gasteiger partial charge in [0, 0.05) is 10.8 Å². The van der Waals surface area contributed by atoms with Crippen LogP contribution in [0, 0.1) is 5.82 Å². The zero-order valence-electron chi connectivity index (χ0n) is 23.5. The lowest BCUT2D eigenvalue weighted by atomic mass is 9.83. The van der Waals surface area contributed by atoms with Gasteiger partial charge in [0.25, 0.3) is 0 Å². The van der Waals surface area contributed by atoms with Crippen LogP contribution in [-0.2, 0) is 0 Å². The second-order valence-electron chi connectivity index (χ2n) is 11.4. The number of hydrogen-bond acceptors (Lipinski definition) is 1. The largest absolute Gasteiger partial charge is 0.496 e. The van der Waals surface area contributed by atoms with Crippen LogP contribution in [0.2, 0.25) is 0 Å². The summed E-state index contributed by atoms with van der Waals surface area (Å²) >= 11 is 0. The SMILES string of the molecule is COc1ccc2ccc3c(-c4c5ccccc5c(-c5ccc6cc(F)ccc6c5)c5ccccc45)ccc4ccc1c2c43. The van der Waals surface area contributed by atoms with E-state index >= 15 is 0 Å². The van der Waals surface area contributed by atoms with E-state index in [1.807, 2.05) is 12.1 Å². The molecule has 9 aromatic carbocycles. The van der Waals surface area contributed by atoms with Gasteiger partial charge in [-0.1, -0.05) is 103 Å². The number of rotatable bonds is 3. The van der Waals surface area contributed by atoms with E-state index in [2.05, 4.69) is 109 Å². The van der Waals surface area contributed by atoms with Crippen LogP contribution in [0.3, 0.4) is 0 Å². The van der Waals surface area contributed by atoms with Gasteiger partial charge in [0.15, 0.2) is 0 Å². The van der Waals surface area contributed by atoms with E-state index in [9.17, 15) is 4.39 Å². The van der Waals surface area contributed by atoms with E-state index in [4.69, 9.17) is 4.74 Å². The average Bonchev–Trinajstić information content (AvgIpc) is 3.06. The van der Waals surface area contributed by atoms with Crippen molar-refractivity contribution in [3.05, 3.63) is 139 Å². The molecule has 9 rings (SSSR count). The first-order valence-electron chi connectivity index (χ1n) is 14.6. The van der Waals surface area contributed by atoms with Crippen LogP contribution in [0.25, 0.3) is 86.9 Å².